The maximum atomic E-state index is 12.7. The predicted molar refractivity (Wildman–Crippen MR) is 122 cm³/mol. The lowest BCUT2D eigenvalue weighted by Crippen LogP contribution is -2.57. The molecule has 29 heavy (non-hydrogen) atoms. The van der Waals surface area contributed by atoms with E-state index in [0.29, 0.717) is 6.54 Å². The van der Waals surface area contributed by atoms with E-state index in [1.807, 2.05) is 11.9 Å². The van der Waals surface area contributed by atoms with E-state index in [2.05, 4.69) is 41.8 Å². The fraction of sp³-hybridized carbons (Fsp3) is 0.789. The van der Waals surface area contributed by atoms with Crippen LogP contribution in [0, 0.1) is 0 Å². The summed E-state index contributed by atoms with van der Waals surface area (Å²) in [6.45, 7) is 9.05. The molecule has 0 spiro atoms. The van der Waals surface area contributed by atoms with Gasteiger partial charge in [0.2, 0.25) is 5.91 Å². The third-order valence-corrected chi connectivity index (χ3v) is 6.24. The molecule has 2 fully saturated rings. The molecule has 4 rings (SSSR count). The molecule has 3 aliphatic rings. The normalized spacial score (nSPS) is 21.1. The van der Waals surface area contributed by atoms with E-state index in [-0.39, 0.29) is 35.9 Å². The zero-order valence-corrected chi connectivity index (χ0v) is 19.8. The lowest BCUT2D eigenvalue weighted by atomic mass is 10.2. The van der Waals surface area contributed by atoms with Crippen molar-refractivity contribution >= 4 is 35.8 Å². The first-order valence-electron chi connectivity index (χ1n) is 10.6. The smallest absolute Gasteiger partial charge is 0.239 e. The molecule has 0 bridgehead atoms. The number of aryl methyl sites for hydroxylation is 1. The average Bonchev–Trinajstić information content (AvgIpc) is 3.47. The van der Waals surface area contributed by atoms with Gasteiger partial charge in [0.05, 0.1) is 12.6 Å². The van der Waals surface area contributed by atoms with E-state index < -0.39 is 0 Å². The Balaban J connectivity index is 0.00000240. The van der Waals surface area contributed by atoms with Crippen molar-refractivity contribution in [1.82, 2.24) is 34.8 Å². The number of nitrogens with one attached hydrogen (secondary N) is 1. The van der Waals surface area contributed by atoms with Crippen LogP contribution in [0.1, 0.15) is 37.8 Å². The number of likely N-dealkylation sites (tertiary alicyclic amines) is 1. The van der Waals surface area contributed by atoms with Gasteiger partial charge in [0, 0.05) is 59.3 Å². The number of hydrogen-bond acceptors (Lipinski definition) is 5. The van der Waals surface area contributed by atoms with Gasteiger partial charge in [-0.2, -0.15) is 0 Å². The zero-order valence-electron chi connectivity index (χ0n) is 17.5. The van der Waals surface area contributed by atoms with Gasteiger partial charge in [0.25, 0.3) is 0 Å². The molecule has 3 aliphatic heterocycles. The van der Waals surface area contributed by atoms with Crippen LogP contribution in [0.2, 0.25) is 0 Å². The molecule has 4 heterocycles. The molecule has 2 saturated heterocycles. The quantitative estimate of drug-likeness (QED) is 0.358. The topological polar surface area (TPSA) is 81.9 Å². The van der Waals surface area contributed by atoms with Crippen LogP contribution in [-0.4, -0.2) is 93.7 Å². The summed E-state index contributed by atoms with van der Waals surface area (Å²) in [6.07, 6.45) is 4.47. The van der Waals surface area contributed by atoms with Crippen molar-refractivity contribution < 1.29 is 4.79 Å². The number of aromatic nitrogens is 3. The minimum atomic E-state index is -0.0335. The number of hydrogen-bond donors (Lipinski definition) is 1. The molecule has 0 aromatic carbocycles. The minimum Gasteiger partial charge on any atom is -0.349 e. The molecule has 0 aliphatic carbocycles. The third kappa shape index (κ3) is 4.84. The number of carbonyl (C=O) groups is 1. The van der Waals surface area contributed by atoms with Gasteiger partial charge in [-0.05, 0) is 26.2 Å². The van der Waals surface area contributed by atoms with E-state index in [4.69, 9.17) is 0 Å². The first kappa shape index (κ1) is 22.3. The van der Waals surface area contributed by atoms with E-state index in [0.717, 1.165) is 89.1 Å². The Bertz CT molecular complexity index is 722. The highest BCUT2D eigenvalue weighted by molar-refractivity contribution is 14.0. The van der Waals surface area contributed by atoms with Crippen molar-refractivity contribution in [2.75, 3.05) is 46.3 Å². The maximum Gasteiger partial charge on any atom is 0.239 e. The Labute approximate surface area is 189 Å². The molecular weight excluding hydrogens is 483 g/mol. The molecule has 1 aromatic heterocycles. The monoisotopic (exact) mass is 516 g/mol. The summed E-state index contributed by atoms with van der Waals surface area (Å²) < 4.78 is 2.21. The molecule has 1 N–H and O–H groups in total. The van der Waals surface area contributed by atoms with Gasteiger partial charge in [-0.25, -0.2) is 0 Å². The maximum absolute atomic E-state index is 12.7. The van der Waals surface area contributed by atoms with Crippen molar-refractivity contribution in [3.8, 4) is 0 Å². The first-order valence-corrected chi connectivity index (χ1v) is 10.6. The Hall–Kier alpha value is -1.43. The highest BCUT2D eigenvalue weighted by atomic mass is 127. The van der Waals surface area contributed by atoms with Crippen LogP contribution in [-0.2, 0) is 24.3 Å². The summed E-state index contributed by atoms with van der Waals surface area (Å²) in [7, 11) is 1.82. The van der Waals surface area contributed by atoms with Gasteiger partial charge in [-0.3, -0.25) is 14.7 Å². The van der Waals surface area contributed by atoms with Gasteiger partial charge in [-0.1, -0.05) is 0 Å². The van der Waals surface area contributed by atoms with Crippen LogP contribution < -0.4 is 5.32 Å². The number of aliphatic imine (C=N–C) groups is 1. The summed E-state index contributed by atoms with van der Waals surface area (Å²) in [5.74, 6) is 3.26. The molecule has 162 valence electrons. The van der Waals surface area contributed by atoms with Gasteiger partial charge >= 0.3 is 0 Å². The summed E-state index contributed by atoms with van der Waals surface area (Å²) in [6, 6.07) is -0.0335. The van der Waals surface area contributed by atoms with Gasteiger partial charge in [0.1, 0.15) is 5.82 Å². The van der Waals surface area contributed by atoms with Crippen molar-refractivity contribution in [1.29, 1.82) is 0 Å². The lowest BCUT2D eigenvalue weighted by molar-refractivity contribution is -0.135. The number of amides is 1. The van der Waals surface area contributed by atoms with E-state index >= 15 is 0 Å². The van der Waals surface area contributed by atoms with Crippen LogP contribution >= 0.6 is 24.0 Å². The lowest BCUT2D eigenvalue weighted by Gasteiger charge is -2.39. The number of guanidine groups is 1. The Morgan fingerprint density at radius 3 is 2.45 bits per heavy atom. The molecular formula is C19H33IN8O. The average molecular weight is 516 g/mol. The van der Waals surface area contributed by atoms with Crippen LogP contribution in [0.15, 0.2) is 4.99 Å². The molecule has 9 nitrogen and oxygen atoms in total. The largest absolute Gasteiger partial charge is 0.349 e. The van der Waals surface area contributed by atoms with Gasteiger partial charge in [-0.15, -0.1) is 34.2 Å². The number of carbonyl (C=O) groups excluding carboxylic acids is 1. The number of piperazine rings is 1. The highest BCUT2D eigenvalue weighted by Gasteiger charge is 2.30. The van der Waals surface area contributed by atoms with Crippen molar-refractivity contribution in [2.45, 2.75) is 51.7 Å². The second kappa shape index (κ2) is 10.1. The summed E-state index contributed by atoms with van der Waals surface area (Å²) >= 11 is 0. The SMILES string of the molecule is CN=C(NCc1nnc2n1CCC2)N1CCN(C(C)C(=O)N2CCCC2)CC1.I. The number of nitrogens with zero attached hydrogens (tertiary/aromatic N) is 7. The van der Waals surface area contributed by atoms with E-state index in [9.17, 15) is 4.79 Å². The standard InChI is InChI=1S/C19H32N8O.HI/c1-15(18(28)25-7-3-4-8-25)24-10-12-26(13-11-24)19(20-2)21-14-17-23-22-16-6-5-9-27(16)17;/h15H,3-14H2,1-2H3,(H,20,21);1H. The van der Waals surface area contributed by atoms with Crippen molar-refractivity contribution in [2.24, 2.45) is 4.99 Å². The minimum absolute atomic E-state index is 0. The molecule has 1 atom stereocenters. The Morgan fingerprint density at radius 2 is 1.76 bits per heavy atom. The second-order valence-electron chi connectivity index (χ2n) is 7.92. The number of fused-ring (bicyclic) bond motifs is 1. The molecule has 1 aromatic rings. The highest BCUT2D eigenvalue weighted by Crippen LogP contribution is 2.15. The van der Waals surface area contributed by atoms with Crippen LogP contribution in [0.3, 0.4) is 0 Å². The predicted octanol–water partition coefficient (Wildman–Crippen LogP) is 0.546. The number of rotatable bonds is 4. The summed E-state index contributed by atoms with van der Waals surface area (Å²) in [5, 5.41) is 12.0. The summed E-state index contributed by atoms with van der Waals surface area (Å²) in [4.78, 5) is 23.7. The zero-order chi connectivity index (χ0) is 19.5. The fourth-order valence-corrected chi connectivity index (χ4v) is 4.51. The molecule has 0 saturated carbocycles. The first-order chi connectivity index (χ1) is 13.7. The van der Waals surface area contributed by atoms with Crippen LogP contribution in [0.5, 0.6) is 0 Å². The Morgan fingerprint density at radius 1 is 1.03 bits per heavy atom. The van der Waals surface area contributed by atoms with Gasteiger partial charge < -0.3 is 19.7 Å². The van der Waals surface area contributed by atoms with E-state index in [1.165, 1.54) is 0 Å². The van der Waals surface area contributed by atoms with Crippen LogP contribution in [0.4, 0.5) is 0 Å². The molecule has 0 radical (unpaired) electrons. The van der Waals surface area contributed by atoms with Crippen molar-refractivity contribution in [3.05, 3.63) is 11.6 Å². The number of halogens is 1. The third-order valence-electron chi connectivity index (χ3n) is 6.24. The summed E-state index contributed by atoms with van der Waals surface area (Å²) in [5.41, 5.74) is 0. The van der Waals surface area contributed by atoms with Crippen LogP contribution in [0.25, 0.3) is 0 Å². The van der Waals surface area contributed by atoms with Crippen molar-refractivity contribution in [3.63, 3.8) is 0 Å². The Kier molecular flexibility index (Phi) is 7.72. The fourth-order valence-electron chi connectivity index (χ4n) is 4.51. The molecule has 1 amide bonds. The van der Waals surface area contributed by atoms with Gasteiger partial charge in [0.15, 0.2) is 11.8 Å². The molecule has 10 heteroatoms. The molecule has 1 unspecified atom stereocenters. The second-order valence-corrected chi connectivity index (χ2v) is 7.92. The van der Waals surface area contributed by atoms with E-state index in [1.54, 1.807) is 0 Å².